The van der Waals surface area contributed by atoms with E-state index in [2.05, 4.69) is 0 Å². The first-order valence-corrected chi connectivity index (χ1v) is 6.02. The molecule has 0 unspecified atom stereocenters. The van der Waals surface area contributed by atoms with E-state index >= 15 is 0 Å². The second-order valence-corrected chi connectivity index (χ2v) is 4.79. The summed E-state index contributed by atoms with van der Waals surface area (Å²) in [5.41, 5.74) is 5.75. The van der Waals surface area contributed by atoms with Crippen molar-refractivity contribution < 1.29 is 19.4 Å². The van der Waals surface area contributed by atoms with Crippen LogP contribution in [-0.4, -0.2) is 52.8 Å². The van der Waals surface area contributed by atoms with Crippen molar-refractivity contribution in [3.63, 3.8) is 0 Å². The summed E-state index contributed by atoms with van der Waals surface area (Å²) >= 11 is 0. The van der Waals surface area contributed by atoms with Gasteiger partial charge < -0.3 is 20.3 Å². The average molecular weight is 207 g/mol. The zero-order valence-electron chi connectivity index (χ0n) is 7.86. The van der Waals surface area contributed by atoms with Gasteiger partial charge in [0.25, 0.3) is 0 Å². The molecule has 0 aromatic rings. The summed E-state index contributed by atoms with van der Waals surface area (Å²) in [5, 5.41) is 8.30. The van der Waals surface area contributed by atoms with Gasteiger partial charge >= 0.3 is 5.97 Å². The monoisotopic (exact) mass is 207 g/mol. The first-order valence-electron chi connectivity index (χ1n) is 4.21. The Morgan fingerprint density at radius 2 is 2.38 bits per heavy atom. The van der Waals surface area contributed by atoms with Crippen LogP contribution >= 0.6 is 0 Å². The molecule has 0 aromatic heterocycles. The van der Waals surface area contributed by atoms with Crippen molar-refractivity contribution >= 4 is 15.5 Å². The number of carbonyl (C=O) groups is 1. The molecule has 0 rings (SSSR count). The van der Waals surface area contributed by atoms with Gasteiger partial charge in [0, 0.05) is 19.0 Å². The Morgan fingerprint density at radius 1 is 1.69 bits per heavy atom. The van der Waals surface area contributed by atoms with Crippen molar-refractivity contribution in [3.8, 4) is 0 Å². The van der Waals surface area contributed by atoms with Gasteiger partial charge in [-0.1, -0.05) is 0 Å². The fraction of sp³-hybridized carbons (Fsp3) is 0.857. The van der Waals surface area contributed by atoms with Gasteiger partial charge in [-0.15, -0.1) is 0 Å². The number of ether oxygens (including phenoxy) is 2. The number of hydrogen-bond donors (Lipinski definition) is 2. The number of nitrogens with two attached hydrogens (primary N) is 1. The Bertz CT molecular complexity index is 144. The van der Waals surface area contributed by atoms with Crippen LogP contribution in [0.25, 0.3) is 0 Å². The van der Waals surface area contributed by atoms with Crippen molar-refractivity contribution in [3.05, 3.63) is 0 Å². The molecule has 0 aliphatic heterocycles. The number of hydrogen-bond acceptors (Lipinski definition) is 4. The number of rotatable bonds is 8. The maximum atomic E-state index is 10.1. The standard InChI is InChI=1S/C7H17NO4Si/c1-11-5-13-6(8)4-12-3-2-7(9)10/h6H,2-5,8,13H2,1H3,(H,9,10)/t6-/m0/s1. The molecule has 0 spiro atoms. The van der Waals surface area contributed by atoms with Crippen LogP contribution in [0.4, 0.5) is 0 Å². The Balaban J connectivity index is 3.16. The maximum Gasteiger partial charge on any atom is 0.305 e. The lowest BCUT2D eigenvalue weighted by molar-refractivity contribution is -0.138. The molecule has 78 valence electrons. The highest BCUT2D eigenvalue weighted by atomic mass is 28.2. The molecule has 0 aromatic carbocycles. The number of aliphatic carboxylic acids is 1. The molecule has 1 atom stereocenters. The smallest absolute Gasteiger partial charge is 0.305 e. The van der Waals surface area contributed by atoms with Crippen LogP contribution in [0, 0.1) is 0 Å². The largest absolute Gasteiger partial charge is 0.481 e. The van der Waals surface area contributed by atoms with Crippen LogP contribution in [0.5, 0.6) is 0 Å². The SMILES string of the molecule is COC[SiH2][C@H](N)COCCC(=O)O. The van der Waals surface area contributed by atoms with Gasteiger partial charge in [-0.25, -0.2) is 0 Å². The second-order valence-electron chi connectivity index (χ2n) is 2.76. The van der Waals surface area contributed by atoms with Gasteiger partial charge in [0.1, 0.15) is 0 Å². The summed E-state index contributed by atoms with van der Waals surface area (Å²) in [6.07, 6.45) is 0.780. The summed E-state index contributed by atoms with van der Waals surface area (Å²) in [6, 6.07) is 0. The lowest BCUT2D eigenvalue weighted by Gasteiger charge is -2.09. The molecule has 0 fully saturated rings. The summed E-state index contributed by atoms with van der Waals surface area (Å²) in [4.78, 5) is 10.1. The minimum absolute atomic E-state index is 0.0402. The van der Waals surface area contributed by atoms with Crippen molar-refractivity contribution in [1.29, 1.82) is 0 Å². The second kappa shape index (κ2) is 8.18. The molecule has 3 N–H and O–H groups in total. The van der Waals surface area contributed by atoms with Crippen LogP contribution in [0.3, 0.4) is 0 Å². The van der Waals surface area contributed by atoms with E-state index in [1.807, 2.05) is 0 Å². The first-order chi connectivity index (χ1) is 6.16. The number of carboxylic acid groups (broad SMARTS) is 1. The third-order valence-electron chi connectivity index (χ3n) is 1.48. The van der Waals surface area contributed by atoms with E-state index in [0.29, 0.717) is 6.61 Å². The van der Waals surface area contributed by atoms with Gasteiger partial charge in [-0.3, -0.25) is 4.79 Å². The third-order valence-corrected chi connectivity index (χ3v) is 3.11. The predicted octanol–water partition coefficient (Wildman–Crippen LogP) is -1.46. The van der Waals surface area contributed by atoms with Crippen LogP contribution in [-0.2, 0) is 14.3 Å². The highest BCUT2D eigenvalue weighted by Crippen LogP contribution is 1.85. The van der Waals surface area contributed by atoms with E-state index < -0.39 is 15.5 Å². The van der Waals surface area contributed by atoms with E-state index in [0.717, 1.165) is 6.23 Å². The van der Waals surface area contributed by atoms with Crippen molar-refractivity contribution in [2.24, 2.45) is 5.73 Å². The summed E-state index contributed by atoms with van der Waals surface area (Å²) in [5.74, 6) is -0.845. The molecule has 5 nitrogen and oxygen atoms in total. The van der Waals surface area contributed by atoms with Crippen LogP contribution in [0.2, 0.25) is 0 Å². The van der Waals surface area contributed by atoms with Crippen molar-refractivity contribution in [2.45, 2.75) is 12.1 Å². The van der Waals surface area contributed by atoms with Crippen LogP contribution in [0.1, 0.15) is 6.42 Å². The molecule has 0 saturated heterocycles. The molecular weight excluding hydrogens is 190 g/mol. The van der Waals surface area contributed by atoms with Gasteiger partial charge in [0.15, 0.2) is 0 Å². The Morgan fingerprint density at radius 3 is 2.92 bits per heavy atom. The molecule has 0 aliphatic rings. The Hall–Kier alpha value is -0.433. The van der Waals surface area contributed by atoms with E-state index in [-0.39, 0.29) is 18.7 Å². The van der Waals surface area contributed by atoms with Gasteiger partial charge in [0.05, 0.1) is 29.2 Å². The normalized spacial score (nSPS) is 13.7. The van der Waals surface area contributed by atoms with Gasteiger partial charge in [-0.2, -0.15) is 0 Å². The van der Waals surface area contributed by atoms with Crippen molar-refractivity contribution in [2.75, 3.05) is 26.6 Å². The molecule has 13 heavy (non-hydrogen) atoms. The first kappa shape index (κ1) is 12.6. The molecule has 0 saturated carbocycles. The van der Waals surface area contributed by atoms with E-state index in [9.17, 15) is 4.79 Å². The fourth-order valence-electron chi connectivity index (χ4n) is 0.747. The zero-order valence-corrected chi connectivity index (χ0v) is 9.28. The molecule has 0 bridgehead atoms. The van der Waals surface area contributed by atoms with E-state index in [4.69, 9.17) is 20.3 Å². The van der Waals surface area contributed by atoms with E-state index in [1.54, 1.807) is 7.11 Å². The number of methoxy groups -OCH3 is 1. The van der Waals surface area contributed by atoms with Crippen molar-refractivity contribution in [1.82, 2.24) is 0 Å². The lowest BCUT2D eigenvalue weighted by Crippen LogP contribution is -2.35. The van der Waals surface area contributed by atoms with Gasteiger partial charge in [0.2, 0.25) is 0 Å². The molecule has 6 heteroatoms. The molecule has 0 radical (unpaired) electrons. The van der Waals surface area contributed by atoms with Crippen LogP contribution < -0.4 is 5.73 Å². The number of carboxylic acids is 1. The lowest BCUT2D eigenvalue weighted by atomic mass is 10.5. The molecule has 0 aliphatic carbocycles. The summed E-state index contributed by atoms with van der Waals surface area (Å²) < 4.78 is 9.97. The quantitative estimate of drug-likeness (QED) is 0.375. The summed E-state index contributed by atoms with van der Waals surface area (Å²) in [6.45, 7) is 0.688. The van der Waals surface area contributed by atoms with E-state index in [1.165, 1.54) is 0 Å². The Kier molecular flexibility index (Phi) is 7.91. The molecular formula is C7H17NO4Si. The zero-order chi connectivity index (χ0) is 10.1. The molecule has 0 amide bonds. The van der Waals surface area contributed by atoms with Crippen LogP contribution in [0.15, 0.2) is 0 Å². The average Bonchev–Trinajstić information content (AvgIpc) is 2.08. The topological polar surface area (TPSA) is 81.8 Å². The maximum absolute atomic E-state index is 10.1. The minimum atomic E-state index is -0.845. The summed E-state index contributed by atoms with van der Waals surface area (Å²) in [7, 11) is 1.22. The molecule has 0 heterocycles. The predicted molar refractivity (Wildman–Crippen MR) is 51.5 cm³/mol. The third kappa shape index (κ3) is 9.48. The Labute approximate surface area is 80.0 Å². The minimum Gasteiger partial charge on any atom is -0.481 e. The highest BCUT2D eigenvalue weighted by molar-refractivity contribution is 6.37. The fourth-order valence-corrected chi connectivity index (χ4v) is 1.62. The van der Waals surface area contributed by atoms with Gasteiger partial charge in [-0.05, 0) is 0 Å². The highest BCUT2D eigenvalue weighted by Gasteiger charge is 2.03.